The first-order valence-corrected chi connectivity index (χ1v) is 10.4. The number of hydrogen-bond acceptors (Lipinski definition) is 3. The number of Topliss-reactive ketones (excluding diaryl/α,β-unsaturated/α-hetero) is 1. The molecule has 0 N–H and O–H groups in total. The first-order chi connectivity index (χ1) is 14.6. The number of fused-ring (bicyclic) bond motifs is 3. The van der Waals surface area contributed by atoms with Crippen LogP contribution in [0.1, 0.15) is 30.2 Å². The molecule has 0 bridgehead atoms. The fourth-order valence-corrected chi connectivity index (χ4v) is 5.64. The molecule has 1 aromatic heterocycles. The maximum Gasteiger partial charge on any atom is 0.176 e. The van der Waals surface area contributed by atoms with Gasteiger partial charge in [-0.3, -0.25) is 9.48 Å². The molecule has 0 fully saturated rings. The van der Waals surface area contributed by atoms with Gasteiger partial charge in [0.15, 0.2) is 5.78 Å². The van der Waals surface area contributed by atoms with Gasteiger partial charge in [0.2, 0.25) is 0 Å². The number of carbonyl (C=O) groups is 1. The number of carbonyl (C=O) groups excluding carboxylic acids is 1. The second-order valence-electron chi connectivity index (χ2n) is 8.37. The van der Waals surface area contributed by atoms with Crippen molar-refractivity contribution in [1.82, 2.24) is 9.78 Å². The molecule has 0 radical (unpaired) electrons. The molecule has 0 aliphatic heterocycles. The van der Waals surface area contributed by atoms with Gasteiger partial charge in [0, 0.05) is 24.1 Å². The van der Waals surface area contributed by atoms with Crippen molar-refractivity contribution in [3.8, 4) is 17.3 Å². The highest BCUT2D eigenvalue weighted by atomic mass is 16.1. The van der Waals surface area contributed by atoms with Crippen LogP contribution in [0.15, 0.2) is 72.3 Å². The molecule has 0 amide bonds. The van der Waals surface area contributed by atoms with Crippen molar-refractivity contribution in [3.63, 3.8) is 0 Å². The third-order valence-corrected chi connectivity index (χ3v) is 6.90. The molecule has 3 atom stereocenters. The Hall–Kier alpha value is -3.45. The van der Waals surface area contributed by atoms with E-state index in [0.29, 0.717) is 0 Å². The fourth-order valence-electron chi connectivity index (χ4n) is 5.64. The smallest absolute Gasteiger partial charge is 0.176 e. The molecule has 1 heterocycles. The number of ketones is 1. The summed E-state index contributed by atoms with van der Waals surface area (Å²) in [5.74, 6) is -0.160. The minimum Gasteiger partial charge on any atom is -0.293 e. The van der Waals surface area contributed by atoms with Gasteiger partial charge in [-0.25, -0.2) is 0 Å². The Labute approximate surface area is 176 Å². The van der Waals surface area contributed by atoms with Gasteiger partial charge in [0.25, 0.3) is 0 Å². The summed E-state index contributed by atoms with van der Waals surface area (Å²) in [7, 11) is 1.99. The zero-order chi connectivity index (χ0) is 20.9. The first kappa shape index (κ1) is 18.6. The van der Waals surface area contributed by atoms with Crippen LogP contribution >= 0.6 is 0 Å². The van der Waals surface area contributed by atoms with Gasteiger partial charge >= 0.3 is 0 Å². The van der Waals surface area contributed by atoms with Crippen LogP contribution < -0.4 is 0 Å². The molecule has 2 aromatic carbocycles. The van der Waals surface area contributed by atoms with E-state index in [2.05, 4.69) is 30.3 Å². The molecule has 148 valence electrons. The summed E-state index contributed by atoms with van der Waals surface area (Å²) in [6, 6.07) is 22.7. The molecule has 2 aliphatic rings. The predicted molar refractivity (Wildman–Crippen MR) is 116 cm³/mol. The quantitative estimate of drug-likeness (QED) is 0.639. The number of benzene rings is 2. The number of rotatable bonds is 2. The van der Waals surface area contributed by atoms with Crippen LogP contribution in [0.4, 0.5) is 0 Å². The van der Waals surface area contributed by atoms with Crippen molar-refractivity contribution in [1.29, 1.82) is 5.26 Å². The van der Waals surface area contributed by atoms with E-state index in [0.717, 1.165) is 35.4 Å². The molecule has 3 unspecified atom stereocenters. The standard InChI is InChI=1S/C26H23N3O/c1-17-22-14-13-21-23(18-9-5-3-6-10-18)28-29(2)25(21)26(22,15-19(16-27)24(17)30)20-11-7-4-8-12-20/h3-12,15,17,22H,13-14H2,1-2H3. The molecular weight excluding hydrogens is 370 g/mol. The molecule has 2 aliphatic carbocycles. The lowest BCUT2D eigenvalue weighted by atomic mass is 9.54. The number of nitrogens with zero attached hydrogens (tertiary/aromatic N) is 3. The summed E-state index contributed by atoms with van der Waals surface area (Å²) in [6.45, 7) is 1.98. The molecule has 0 spiro atoms. The van der Waals surface area contributed by atoms with Gasteiger partial charge in [0.05, 0.1) is 22.4 Å². The highest BCUT2D eigenvalue weighted by Gasteiger charge is 2.54. The Bertz CT molecular complexity index is 1200. The van der Waals surface area contributed by atoms with Crippen LogP contribution in [0, 0.1) is 23.2 Å². The van der Waals surface area contributed by atoms with Gasteiger partial charge in [-0.15, -0.1) is 0 Å². The number of aryl methyl sites for hydroxylation is 1. The highest BCUT2D eigenvalue weighted by Crippen LogP contribution is 2.54. The lowest BCUT2D eigenvalue weighted by Gasteiger charge is -2.48. The van der Waals surface area contributed by atoms with Crippen molar-refractivity contribution in [2.75, 3.05) is 0 Å². The Balaban J connectivity index is 1.86. The Morgan fingerprint density at radius 2 is 1.77 bits per heavy atom. The van der Waals surface area contributed by atoms with E-state index in [1.54, 1.807) is 0 Å². The number of allylic oxidation sites excluding steroid dienone is 2. The van der Waals surface area contributed by atoms with E-state index < -0.39 is 5.41 Å². The molecule has 4 heteroatoms. The summed E-state index contributed by atoms with van der Waals surface area (Å²) >= 11 is 0. The number of aromatic nitrogens is 2. The van der Waals surface area contributed by atoms with Crippen LogP contribution in [0.3, 0.4) is 0 Å². The van der Waals surface area contributed by atoms with E-state index in [1.165, 1.54) is 5.56 Å². The molecule has 30 heavy (non-hydrogen) atoms. The van der Waals surface area contributed by atoms with Crippen LogP contribution in [0.5, 0.6) is 0 Å². The molecule has 5 rings (SSSR count). The number of nitriles is 1. The van der Waals surface area contributed by atoms with Crippen LogP contribution in [0.2, 0.25) is 0 Å². The third kappa shape index (κ3) is 2.45. The average molecular weight is 393 g/mol. The summed E-state index contributed by atoms with van der Waals surface area (Å²) in [4.78, 5) is 12.9. The minimum absolute atomic E-state index is 0.0389. The fraction of sp³-hybridized carbons (Fsp3) is 0.269. The predicted octanol–water partition coefficient (Wildman–Crippen LogP) is 4.60. The summed E-state index contributed by atoms with van der Waals surface area (Å²) in [6.07, 6.45) is 3.69. The van der Waals surface area contributed by atoms with E-state index in [9.17, 15) is 10.1 Å². The zero-order valence-corrected chi connectivity index (χ0v) is 17.2. The van der Waals surface area contributed by atoms with Crippen LogP contribution in [-0.2, 0) is 23.7 Å². The Morgan fingerprint density at radius 1 is 1.10 bits per heavy atom. The van der Waals surface area contributed by atoms with Crippen LogP contribution in [-0.4, -0.2) is 15.6 Å². The second kappa shape index (κ2) is 6.81. The van der Waals surface area contributed by atoms with E-state index in [1.807, 2.05) is 61.1 Å². The maximum atomic E-state index is 12.9. The van der Waals surface area contributed by atoms with E-state index >= 15 is 0 Å². The van der Waals surface area contributed by atoms with Gasteiger partial charge in [-0.05, 0) is 30.4 Å². The Morgan fingerprint density at radius 3 is 2.43 bits per heavy atom. The zero-order valence-electron chi connectivity index (χ0n) is 17.2. The SMILES string of the molecule is CC1C(=O)C(C#N)=CC2(c3ccccc3)c3c(c(-c4ccccc4)nn3C)CCC12. The van der Waals surface area contributed by atoms with Crippen molar-refractivity contribution in [3.05, 3.63) is 89.1 Å². The van der Waals surface area contributed by atoms with Gasteiger partial charge in [0.1, 0.15) is 6.07 Å². The minimum atomic E-state index is -0.540. The van der Waals surface area contributed by atoms with Gasteiger partial charge in [-0.1, -0.05) is 67.6 Å². The molecule has 0 saturated heterocycles. The summed E-state index contributed by atoms with van der Waals surface area (Å²) in [5, 5.41) is 14.7. The van der Waals surface area contributed by atoms with Gasteiger partial charge < -0.3 is 0 Å². The lowest BCUT2D eigenvalue weighted by Crippen LogP contribution is -2.48. The molecule has 0 saturated carbocycles. The summed E-state index contributed by atoms with van der Waals surface area (Å²) in [5.41, 5.74) is 5.26. The molecule has 3 aromatic rings. The van der Waals surface area contributed by atoms with E-state index in [4.69, 9.17) is 5.10 Å². The van der Waals surface area contributed by atoms with Crippen molar-refractivity contribution < 1.29 is 4.79 Å². The second-order valence-corrected chi connectivity index (χ2v) is 8.37. The van der Waals surface area contributed by atoms with Gasteiger partial charge in [-0.2, -0.15) is 10.4 Å². The van der Waals surface area contributed by atoms with Crippen molar-refractivity contribution in [2.45, 2.75) is 25.2 Å². The number of hydrogen-bond donors (Lipinski definition) is 0. The van der Waals surface area contributed by atoms with Crippen LogP contribution in [0.25, 0.3) is 11.3 Å². The third-order valence-electron chi connectivity index (χ3n) is 6.90. The topological polar surface area (TPSA) is 58.7 Å². The van der Waals surface area contributed by atoms with Crippen molar-refractivity contribution >= 4 is 5.78 Å². The lowest BCUT2D eigenvalue weighted by molar-refractivity contribution is -0.121. The Kier molecular flexibility index (Phi) is 4.22. The average Bonchev–Trinajstić information content (AvgIpc) is 3.14. The normalized spacial score (nSPS) is 25.1. The van der Waals surface area contributed by atoms with Crippen molar-refractivity contribution in [2.24, 2.45) is 18.9 Å². The first-order valence-electron chi connectivity index (χ1n) is 10.4. The van der Waals surface area contributed by atoms with E-state index in [-0.39, 0.29) is 23.2 Å². The maximum absolute atomic E-state index is 12.9. The largest absolute Gasteiger partial charge is 0.293 e. The highest BCUT2D eigenvalue weighted by molar-refractivity contribution is 6.02. The summed E-state index contributed by atoms with van der Waals surface area (Å²) < 4.78 is 1.98. The molecule has 4 nitrogen and oxygen atoms in total. The monoisotopic (exact) mass is 393 g/mol. The molecular formula is C26H23N3O.